The van der Waals surface area contributed by atoms with Gasteiger partial charge in [-0.05, 0) is 23.6 Å². The molecule has 1 aromatic heterocycles. The summed E-state index contributed by atoms with van der Waals surface area (Å²) in [5, 5.41) is 15.3. The summed E-state index contributed by atoms with van der Waals surface area (Å²) in [5.74, 6) is 0.678. The molecule has 3 aromatic rings. The number of thioether (sulfide) groups is 1. The van der Waals surface area contributed by atoms with Crippen molar-refractivity contribution in [2.45, 2.75) is 38.1 Å². The molecule has 2 aromatic carbocycles. The van der Waals surface area contributed by atoms with E-state index in [0.29, 0.717) is 29.6 Å². The number of nitrogens with zero attached hydrogens (tertiary/aromatic N) is 3. The molecule has 0 bridgehead atoms. The predicted molar refractivity (Wildman–Crippen MR) is 131 cm³/mol. The van der Waals surface area contributed by atoms with Crippen LogP contribution in [0.15, 0.2) is 78.5 Å². The number of hydrogen-bond acceptors (Lipinski definition) is 5. The van der Waals surface area contributed by atoms with Gasteiger partial charge in [0.2, 0.25) is 5.91 Å². The highest BCUT2D eigenvalue weighted by molar-refractivity contribution is 7.99. The zero-order valence-electron chi connectivity index (χ0n) is 18.9. The molecule has 1 heterocycles. The average molecular weight is 464 g/mol. The molecule has 2 N–H and O–H groups in total. The van der Waals surface area contributed by atoms with Crippen molar-refractivity contribution in [3.05, 3.63) is 90.3 Å². The summed E-state index contributed by atoms with van der Waals surface area (Å²) < 4.78 is 1.90. The van der Waals surface area contributed by atoms with Gasteiger partial charge in [0.05, 0.1) is 11.8 Å². The number of hydrogen-bond donors (Lipinski definition) is 2. The first-order valence-corrected chi connectivity index (χ1v) is 11.8. The molecule has 1 unspecified atom stereocenters. The first kappa shape index (κ1) is 24.3. The molecule has 0 aliphatic heterocycles. The van der Waals surface area contributed by atoms with Gasteiger partial charge in [0.1, 0.15) is 0 Å². The fraction of sp³-hybridized carbons (Fsp3) is 0.280. The van der Waals surface area contributed by atoms with Crippen LogP contribution in [0.5, 0.6) is 0 Å². The van der Waals surface area contributed by atoms with E-state index in [1.165, 1.54) is 11.8 Å². The highest BCUT2D eigenvalue weighted by Crippen LogP contribution is 2.25. The third-order valence-electron chi connectivity index (χ3n) is 4.99. The largest absolute Gasteiger partial charge is 0.351 e. The molecular formula is C25H29N5O2S. The lowest BCUT2D eigenvalue weighted by Gasteiger charge is -2.22. The van der Waals surface area contributed by atoms with Crippen LogP contribution in [0.2, 0.25) is 0 Å². The number of nitrogens with one attached hydrogen (secondary N) is 2. The Morgan fingerprint density at radius 3 is 2.36 bits per heavy atom. The first-order valence-electron chi connectivity index (χ1n) is 10.8. The number of rotatable bonds is 11. The Bertz CT molecular complexity index is 1070. The molecule has 33 heavy (non-hydrogen) atoms. The molecule has 172 valence electrons. The van der Waals surface area contributed by atoms with Crippen LogP contribution in [0.4, 0.5) is 0 Å². The Kier molecular flexibility index (Phi) is 8.83. The van der Waals surface area contributed by atoms with Crippen molar-refractivity contribution in [1.82, 2.24) is 25.4 Å². The second kappa shape index (κ2) is 12.0. The Balaban J connectivity index is 1.69. The van der Waals surface area contributed by atoms with Crippen molar-refractivity contribution in [3.63, 3.8) is 0 Å². The maximum Gasteiger partial charge on any atom is 0.251 e. The lowest BCUT2D eigenvalue weighted by atomic mass is 10.0. The molecule has 0 fully saturated rings. The topological polar surface area (TPSA) is 88.9 Å². The molecule has 0 aliphatic rings. The van der Waals surface area contributed by atoms with E-state index in [9.17, 15) is 9.59 Å². The van der Waals surface area contributed by atoms with Gasteiger partial charge < -0.3 is 15.2 Å². The number of carbonyl (C=O) groups excluding carboxylic acids is 2. The van der Waals surface area contributed by atoms with E-state index in [1.54, 1.807) is 18.2 Å². The predicted octanol–water partition coefficient (Wildman–Crippen LogP) is 4.00. The SMILES string of the molecule is C=CCn1c(SCC(=O)NCc2ccccc2)nnc1C(NC(=O)c1ccccc1)C(C)C. The van der Waals surface area contributed by atoms with Gasteiger partial charge in [-0.3, -0.25) is 9.59 Å². The van der Waals surface area contributed by atoms with Crippen molar-refractivity contribution in [2.75, 3.05) is 5.75 Å². The smallest absolute Gasteiger partial charge is 0.251 e. The summed E-state index contributed by atoms with van der Waals surface area (Å²) >= 11 is 1.31. The van der Waals surface area contributed by atoms with Crippen molar-refractivity contribution in [2.24, 2.45) is 5.92 Å². The minimum atomic E-state index is -0.341. The number of aromatic nitrogens is 3. The summed E-state index contributed by atoms with van der Waals surface area (Å²) in [4.78, 5) is 25.1. The molecule has 0 saturated carbocycles. The molecule has 3 rings (SSSR count). The van der Waals surface area contributed by atoms with E-state index >= 15 is 0 Å². The van der Waals surface area contributed by atoms with Crippen molar-refractivity contribution in [3.8, 4) is 0 Å². The maximum atomic E-state index is 12.8. The Morgan fingerprint density at radius 1 is 1.06 bits per heavy atom. The van der Waals surface area contributed by atoms with E-state index in [4.69, 9.17) is 0 Å². The quantitative estimate of drug-likeness (QED) is 0.331. The third-order valence-corrected chi connectivity index (χ3v) is 5.96. The summed E-state index contributed by atoms with van der Waals surface area (Å²) in [6.07, 6.45) is 1.75. The van der Waals surface area contributed by atoms with Gasteiger partial charge in [0.25, 0.3) is 5.91 Å². The normalized spacial score (nSPS) is 11.7. The molecule has 0 radical (unpaired) electrons. The molecule has 0 spiro atoms. The monoisotopic (exact) mass is 463 g/mol. The molecule has 0 saturated heterocycles. The number of carbonyl (C=O) groups is 2. The number of allylic oxidation sites excluding steroid dienone is 1. The van der Waals surface area contributed by atoms with Crippen LogP contribution in [0, 0.1) is 5.92 Å². The minimum Gasteiger partial charge on any atom is -0.351 e. The van der Waals surface area contributed by atoms with Crippen LogP contribution in [-0.2, 0) is 17.9 Å². The van der Waals surface area contributed by atoms with E-state index in [1.807, 2.05) is 66.9 Å². The number of amides is 2. The fourth-order valence-electron chi connectivity index (χ4n) is 3.26. The summed E-state index contributed by atoms with van der Waals surface area (Å²) in [6, 6.07) is 18.5. The Labute approximate surface area is 198 Å². The summed E-state index contributed by atoms with van der Waals surface area (Å²) in [7, 11) is 0. The van der Waals surface area contributed by atoms with Crippen molar-refractivity contribution < 1.29 is 9.59 Å². The van der Waals surface area contributed by atoms with Gasteiger partial charge in [-0.15, -0.1) is 16.8 Å². The van der Waals surface area contributed by atoms with E-state index in [2.05, 4.69) is 27.4 Å². The average Bonchev–Trinajstić information content (AvgIpc) is 3.23. The van der Waals surface area contributed by atoms with Crippen LogP contribution in [-0.4, -0.2) is 32.3 Å². The maximum absolute atomic E-state index is 12.8. The molecule has 8 heteroatoms. The van der Waals surface area contributed by atoms with Gasteiger partial charge in [0, 0.05) is 18.7 Å². The van der Waals surface area contributed by atoms with Gasteiger partial charge in [-0.25, -0.2) is 0 Å². The Hall–Kier alpha value is -3.39. The van der Waals surface area contributed by atoms with Gasteiger partial charge in [0.15, 0.2) is 11.0 Å². The fourth-order valence-corrected chi connectivity index (χ4v) is 4.04. The Morgan fingerprint density at radius 2 is 1.73 bits per heavy atom. The molecular weight excluding hydrogens is 434 g/mol. The van der Waals surface area contributed by atoms with Crippen LogP contribution < -0.4 is 10.6 Å². The first-order chi connectivity index (χ1) is 16.0. The lowest BCUT2D eigenvalue weighted by Crippen LogP contribution is -2.33. The third kappa shape index (κ3) is 6.79. The highest BCUT2D eigenvalue weighted by Gasteiger charge is 2.26. The number of benzene rings is 2. The second-order valence-electron chi connectivity index (χ2n) is 7.85. The highest BCUT2D eigenvalue weighted by atomic mass is 32.2. The van der Waals surface area contributed by atoms with E-state index in [0.717, 1.165) is 5.56 Å². The molecule has 1 atom stereocenters. The zero-order valence-corrected chi connectivity index (χ0v) is 19.7. The van der Waals surface area contributed by atoms with E-state index in [-0.39, 0.29) is 29.5 Å². The minimum absolute atomic E-state index is 0.0810. The van der Waals surface area contributed by atoms with Crippen LogP contribution in [0.1, 0.15) is 41.6 Å². The van der Waals surface area contributed by atoms with Gasteiger partial charge in [-0.2, -0.15) is 0 Å². The van der Waals surface area contributed by atoms with Crippen LogP contribution in [0.3, 0.4) is 0 Å². The standard InChI is InChI=1S/C25H29N5O2S/c1-4-15-30-23(22(18(2)3)27-24(32)20-13-9-6-10-14-20)28-29-25(30)33-17-21(31)26-16-19-11-7-5-8-12-19/h4-14,18,22H,1,15-17H2,2-3H3,(H,26,31)(H,27,32). The van der Waals surface area contributed by atoms with E-state index < -0.39 is 0 Å². The van der Waals surface area contributed by atoms with Crippen molar-refractivity contribution >= 4 is 23.6 Å². The van der Waals surface area contributed by atoms with Gasteiger partial charge in [-0.1, -0.05) is 80.2 Å². The lowest BCUT2D eigenvalue weighted by molar-refractivity contribution is -0.118. The van der Waals surface area contributed by atoms with Crippen LogP contribution >= 0.6 is 11.8 Å². The summed E-state index contributed by atoms with van der Waals surface area (Å²) in [5.41, 5.74) is 1.63. The second-order valence-corrected chi connectivity index (χ2v) is 8.79. The van der Waals surface area contributed by atoms with Gasteiger partial charge >= 0.3 is 0 Å². The molecule has 2 amide bonds. The van der Waals surface area contributed by atoms with Crippen LogP contribution in [0.25, 0.3) is 0 Å². The zero-order chi connectivity index (χ0) is 23.6. The van der Waals surface area contributed by atoms with Crippen molar-refractivity contribution in [1.29, 1.82) is 0 Å². The summed E-state index contributed by atoms with van der Waals surface area (Å²) in [6.45, 7) is 8.83. The molecule has 7 nitrogen and oxygen atoms in total. The molecule has 0 aliphatic carbocycles.